The minimum Gasteiger partial charge on any atom is -0.462 e. The fourth-order valence-electron chi connectivity index (χ4n) is 1.94. The van der Waals surface area contributed by atoms with E-state index in [2.05, 4.69) is 0 Å². The molecule has 2 heterocycles. The van der Waals surface area contributed by atoms with E-state index in [9.17, 15) is 14.0 Å². The standard InChI is InChI=1S/C15H10FNO3S/c1-9-2-7-12(20-9)8-13-14(18)17(15(19)21-13)11-5-3-10(16)4-6-11/h2-8H,1H3/b13-8+. The number of anilines is 1. The molecule has 4 nitrogen and oxygen atoms in total. The highest BCUT2D eigenvalue weighted by Crippen LogP contribution is 2.35. The summed E-state index contributed by atoms with van der Waals surface area (Å²) in [5.74, 6) is 0.370. The Morgan fingerprint density at radius 3 is 2.48 bits per heavy atom. The Labute approximate surface area is 124 Å². The lowest BCUT2D eigenvalue weighted by atomic mass is 10.2. The highest BCUT2D eigenvalue weighted by atomic mass is 32.2. The summed E-state index contributed by atoms with van der Waals surface area (Å²) in [6, 6.07) is 8.70. The van der Waals surface area contributed by atoms with Crippen LogP contribution in [-0.2, 0) is 4.79 Å². The van der Waals surface area contributed by atoms with Gasteiger partial charge in [-0.05, 0) is 55.1 Å². The van der Waals surface area contributed by atoms with Crippen LogP contribution in [-0.4, -0.2) is 11.1 Å². The number of aryl methyl sites for hydroxylation is 1. The molecule has 0 aliphatic carbocycles. The van der Waals surface area contributed by atoms with Crippen LogP contribution in [0.4, 0.5) is 14.9 Å². The molecule has 106 valence electrons. The van der Waals surface area contributed by atoms with Gasteiger partial charge in [0.05, 0.1) is 10.6 Å². The van der Waals surface area contributed by atoms with E-state index >= 15 is 0 Å². The maximum Gasteiger partial charge on any atom is 0.298 e. The van der Waals surface area contributed by atoms with Crippen LogP contribution in [0.15, 0.2) is 45.7 Å². The van der Waals surface area contributed by atoms with Crippen molar-refractivity contribution in [3.63, 3.8) is 0 Å². The van der Waals surface area contributed by atoms with Crippen molar-refractivity contribution in [3.8, 4) is 0 Å². The van der Waals surface area contributed by atoms with Gasteiger partial charge in [0.15, 0.2) is 0 Å². The van der Waals surface area contributed by atoms with E-state index in [4.69, 9.17) is 4.42 Å². The maximum absolute atomic E-state index is 12.9. The topological polar surface area (TPSA) is 50.5 Å². The van der Waals surface area contributed by atoms with Crippen molar-refractivity contribution in [2.45, 2.75) is 6.92 Å². The molecule has 1 aromatic heterocycles. The fraction of sp³-hybridized carbons (Fsp3) is 0.0667. The molecule has 0 saturated carbocycles. The summed E-state index contributed by atoms with van der Waals surface area (Å²) in [5, 5.41) is -0.416. The van der Waals surface area contributed by atoms with Crippen LogP contribution in [0.25, 0.3) is 6.08 Å². The lowest BCUT2D eigenvalue weighted by Gasteiger charge is -2.11. The van der Waals surface area contributed by atoms with Crippen LogP contribution in [0, 0.1) is 12.7 Å². The summed E-state index contributed by atoms with van der Waals surface area (Å²) in [7, 11) is 0. The highest BCUT2D eigenvalue weighted by molar-refractivity contribution is 8.19. The van der Waals surface area contributed by atoms with E-state index in [-0.39, 0.29) is 4.91 Å². The van der Waals surface area contributed by atoms with Gasteiger partial charge in [0, 0.05) is 6.08 Å². The van der Waals surface area contributed by atoms with Crippen molar-refractivity contribution in [2.24, 2.45) is 0 Å². The SMILES string of the molecule is Cc1ccc(/C=C2/SC(=O)N(c3ccc(F)cc3)C2=O)o1. The Morgan fingerprint density at radius 1 is 1.14 bits per heavy atom. The van der Waals surface area contributed by atoms with Gasteiger partial charge in [0.1, 0.15) is 17.3 Å². The number of hydrogen-bond donors (Lipinski definition) is 0. The molecule has 21 heavy (non-hydrogen) atoms. The molecule has 2 amide bonds. The highest BCUT2D eigenvalue weighted by Gasteiger charge is 2.36. The van der Waals surface area contributed by atoms with Crippen molar-refractivity contribution in [3.05, 3.63) is 58.6 Å². The van der Waals surface area contributed by atoms with Gasteiger partial charge < -0.3 is 4.42 Å². The smallest absolute Gasteiger partial charge is 0.298 e. The third kappa shape index (κ3) is 2.62. The Morgan fingerprint density at radius 2 is 1.86 bits per heavy atom. The van der Waals surface area contributed by atoms with Gasteiger partial charge in [-0.15, -0.1) is 0 Å². The van der Waals surface area contributed by atoms with Crippen molar-refractivity contribution in [1.29, 1.82) is 0 Å². The quantitative estimate of drug-likeness (QED) is 0.788. The molecule has 6 heteroatoms. The molecule has 0 unspecified atom stereocenters. The molecule has 1 aromatic carbocycles. The zero-order valence-electron chi connectivity index (χ0n) is 11.0. The number of thioether (sulfide) groups is 1. The molecule has 3 rings (SSSR count). The summed E-state index contributed by atoms with van der Waals surface area (Å²) in [4.78, 5) is 25.6. The zero-order chi connectivity index (χ0) is 15.0. The molecule has 1 saturated heterocycles. The fourth-order valence-corrected chi connectivity index (χ4v) is 2.76. The average Bonchev–Trinajstić information content (AvgIpc) is 2.96. The van der Waals surface area contributed by atoms with E-state index in [1.54, 1.807) is 19.1 Å². The molecule has 2 aromatic rings. The number of nitrogens with zero attached hydrogens (tertiary/aromatic N) is 1. The number of hydrogen-bond acceptors (Lipinski definition) is 4. The molecular formula is C15H10FNO3S. The van der Waals surface area contributed by atoms with Crippen LogP contribution in [0.3, 0.4) is 0 Å². The molecule has 0 atom stereocenters. The van der Waals surface area contributed by atoms with Crippen molar-refractivity contribution >= 4 is 34.7 Å². The predicted octanol–water partition coefficient (Wildman–Crippen LogP) is 3.97. The lowest BCUT2D eigenvalue weighted by Crippen LogP contribution is -2.27. The average molecular weight is 303 g/mol. The van der Waals surface area contributed by atoms with Gasteiger partial charge >= 0.3 is 0 Å². The first-order chi connectivity index (χ1) is 10.0. The second-order valence-corrected chi connectivity index (χ2v) is 5.44. The third-order valence-corrected chi connectivity index (χ3v) is 3.78. The molecule has 1 aliphatic rings. The van der Waals surface area contributed by atoms with Gasteiger partial charge in [0.25, 0.3) is 11.1 Å². The Balaban J connectivity index is 1.92. The molecule has 1 aliphatic heterocycles. The van der Waals surface area contributed by atoms with Crippen molar-refractivity contribution in [1.82, 2.24) is 0 Å². The van der Waals surface area contributed by atoms with Gasteiger partial charge in [-0.3, -0.25) is 9.59 Å². The summed E-state index contributed by atoms with van der Waals surface area (Å²) in [5.41, 5.74) is 0.345. The second kappa shape index (κ2) is 5.21. The molecule has 0 N–H and O–H groups in total. The number of rotatable bonds is 2. The van der Waals surface area contributed by atoms with Crippen LogP contribution in [0.5, 0.6) is 0 Å². The minimum atomic E-state index is -0.439. The number of furan rings is 1. The van der Waals surface area contributed by atoms with E-state index in [1.807, 2.05) is 0 Å². The minimum absolute atomic E-state index is 0.277. The number of benzene rings is 1. The van der Waals surface area contributed by atoms with E-state index < -0.39 is 17.0 Å². The summed E-state index contributed by atoms with van der Waals surface area (Å²) >= 11 is 0.830. The second-order valence-electron chi connectivity index (χ2n) is 4.44. The number of carbonyl (C=O) groups is 2. The molecular weight excluding hydrogens is 293 g/mol. The molecule has 0 spiro atoms. The van der Waals surface area contributed by atoms with Gasteiger partial charge in [0.2, 0.25) is 0 Å². The van der Waals surface area contributed by atoms with Crippen LogP contribution in [0.1, 0.15) is 11.5 Å². The first-order valence-electron chi connectivity index (χ1n) is 6.14. The summed E-state index contributed by atoms with van der Waals surface area (Å²) in [6.45, 7) is 1.79. The monoisotopic (exact) mass is 303 g/mol. The van der Waals surface area contributed by atoms with Gasteiger partial charge in [-0.1, -0.05) is 0 Å². The first kappa shape index (κ1) is 13.6. The van der Waals surface area contributed by atoms with Gasteiger partial charge in [-0.2, -0.15) is 0 Å². The Hall–Kier alpha value is -2.34. The van der Waals surface area contributed by atoms with Crippen LogP contribution in [0.2, 0.25) is 0 Å². The van der Waals surface area contributed by atoms with Crippen LogP contribution >= 0.6 is 11.8 Å². The van der Waals surface area contributed by atoms with E-state index in [0.29, 0.717) is 11.4 Å². The largest absolute Gasteiger partial charge is 0.462 e. The van der Waals surface area contributed by atoms with Crippen molar-refractivity contribution in [2.75, 3.05) is 4.90 Å². The Bertz CT molecular complexity index is 749. The van der Waals surface area contributed by atoms with Gasteiger partial charge in [-0.25, -0.2) is 9.29 Å². The molecule has 1 fully saturated rings. The third-order valence-electron chi connectivity index (χ3n) is 2.91. The lowest BCUT2D eigenvalue weighted by molar-refractivity contribution is -0.113. The normalized spacial score (nSPS) is 17.0. The Kier molecular flexibility index (Phi) is 3.39. The maximum atomic E-state index is 12.9. The van der Waals surface area contributed by atoms with Crippen molar-refractivity contribution < 1.29 is 18.4 Å². The first-order valence-corrected chi connectivity index (χ1v) is 6.96. The number of halogens is 1. The van der Waals surface area contributed by atoms with E-state index in [1.165, 1.54) is 30.3 Å². The zero-order valence-corrected chi connectivity index (χ0v) is 11.8. The number of amides is 2. The number of carbonyl (C=O) groups excluding carboxylic acids is 2. The van der Waals surface area contributed by atoms with E-state index in [0.717, 1.165) is 22.4 Å². The molecule has 0 bridgehead atoms. The predicted molar refractivity (Wildman–Crippen MR) is 78.3 cm³/mol. The molecule has 0 radical (unpaired) electrons. The number of imide groups is 1. The summed E-state index contributed by atoms with van der Waals surface area (Å²) in [6.07, 6.45) is 1.53. The summed E-state index contributed by atoms with van der Waals surface area (Å²) < 4.78 is 18.3. The van der Waals surface area contributed by atoms with Crippen LogP contribution < -0.4 is 4.90 Å².